The highest BCUT2D eigenvalue weighted by Gasteiger charge is 2.37. The van der Waals surface area contributed by atoms with Gasteiger partial charge in [-0.1, -0.05) is 59.1 Å². The van der Waals surface area contributed by atoms with Crippen LogP contribution in [0, 0.1) is 11.8 Å². The topological polar surface area (TPSA) is 29.5 Å². The zero-order valence-corrected chi connectivity index (χ0v) is 16.7. The third-order valence-corrected chi connectivity index (χ3v) is 10.4. The summed E-state index contributed by atoms with van der Waals surface area (Å²) in [5, 5.41) is 10.7. The summed E-state index contributed by atoms with van der Waals surface area (Å²) in [7, 11) is -1.69. The molecule has 130 valence electrons. The monoisotopic (exact) mass is 326 g/mol. The standard InChI is InChI=1S/C19H38O2Si/c1-15(13-18(20)17-11-9-8-10-12-17)16(2)14-21-22(6,7)19(3,4)5/h16-18,20H,1,8-14H2,2-7H3/t16-,18+/m1/s1. The molecule has 1 fully saturated rings. The van der Waals surface area contributed by atoms with Gasteiger partial charge in [-0.25, -0.2) is 0 Å². The van der Waals surface area contributed by atoms with E-state index in [2.05, 4.69) is 47.4 Å². The molecular formula is C19H38O2Si. The van der Waals surface area contributed by atoms with E-state index in [1.807, 2.05) is 0 Å². The zero-order valence-electron chi connectivity index (χ0n) is 15.7. The Morgan fingerprint density at radius 2 is 1.77 bits per heavy atom. The predicted molar refractivity (Wildman–Crippen MR) is 98.7 cm³/mol. The van der Waals surface area contributed by atoms with E-state index in [1.54, 1.807) is 0 Å². The Kier molecular flexibility index (Phi) is 7.35. The van der Waals surface area contributed by atoms with Crippen LogP contribution in [0.1, 0.15) is 66.2 Å². The lowest BCUT2D eigenvalue weighted by Crippen LogP contribution is -2.42. The minimum absolute atomic E-state index is 0.205. The maximum absolute atomic E-state index is 10.5. The van der Waals surface area contributed by atoms with Gasteiger partial charge in [0.25, 0.3) is 0 Å². The third kappa shape index (κ3) is 5.82. The smallest absolute Gasteiger partial charge is 0.192 e. The summed E-state index contributed by atoms with van der Waals surface area (Å²) < 4.78 is 6.30. The van der Waals surface area contributed by atoms with Crippen molar-refractivity contribution in [1.29, 1.82) is 0 Å². The first-order valence-electron chi connectivity index (χ1n) is 9.04. The summed E-state index contributed by atoms with van der Waals surface area (Å²) in [6.07, 6.45) is 6.79. The lowest BCUT2D eigenvalue weighted by Gasteiger charge is -2.37. The Labute approximate surface area is 139 Å². The maximum atomic E-state index is 10.5. The Balaban J connectivity index is 2.41. The van der Waals surface area contributed by atoms with Gasteiger partial charge in [0.05, 0.1) is 6.10 Å². The van der Waals surface area contributed by atoms with Crippen molar-refractivity contribution >= 4 is 8.32 Å². The maximum Gasteiger partial charge on any atom is 0.192 e. The van der Waals surface area contributed by atoms with Crippen molar-refractivity contribution in [3.05, 3.63) is 12.2 Å². The number of hydrogen-bond acceptors (Lipinski definition) is 2. The molecule has 1 rings (SSSR count). The molecule has 0 aliphatic heterocycles. The first-order chi connectivity index (χ1) is 10.0. The fraction of sp³-hybridized carbons (Fsp3) is 0.895. The minimum atomic E-state index is -1.69. The van der Waals surface area contributed by atoms with Gasteiger partial charge in [-0.3, -0.25) is 0 Å². The Morgan fingerprint density at radius 1 is 1.23 bits per heavy atom. The van der Waals surface area contributed by atoms with Crippen molar-refractivity contribution in [2.45, 2.75) is 90.5 Å². The fourth-order valence-electron chi connectivity index (χ4n) is 2.82. The van der Waals surface area contributed by atoms with Gasteiger partial charge >= 0.3 is 0 Å². The summed E-state index contributed by atoms with van der Waals surface area (Å²) in [5.41, 5.74) is 1.15. The van der Waals surface area contributed by atoms with Gasteiger partial charge in [0.2, 0.25) is 0 Å². The summed E-state index contributed by atoms with van der Waals surface area (Å²) >= 11 is 0. The molecule has 0 bridgehead atoms. The molecule has 0 unspecified atom stereocenters. The molecule has 0 amide bonds. The molecule has 0 heterocycles. The normalized spacial score (nSPS) is 20.7. The number of hydrogen-bond donors (Lipinski definition) is 1. The molecule has 1 aliphatic rings. The van der Waals surface area contributed by atoms with E-state index in [4.69, 9.17) is 4.43 Å². The van der Waals surface area contributed by atoms with Crippen molar-refractivity contribution in [1.82, 2.24) is 0 Å². The molecule has 1 aliphatic carbocycles. The van der Waals surface area contributed by atoms with Gasteiger partial charge in [0, 0.05) is 6.61 Å². The molecule has 0 saturated heterocycles. The molecule has 2 nitrogen and oxygen atoms in total. The molecular weight excluding hydrogens is 288 g/mol. The lowest BCUT2D eigenvalue weighted by atomic mass is 9.82. The molecule has 1 N–H and O–H groups in total. The molecule has 3 heteroatoms. The molecule has 2 atom stereocenters. The van der Waals surface area contributed by atoms with E-state index in [1.165, 1.54) is 32.1 Å². The van der Waals surface area contributed by atoms with Gasteiger partial charge in [-0.2, -0.15) is 0 Å². The van der Waals surface area contributed by atoms with Crippen LogP contribution in [-0.2, 0) is 4.43 Å². The summed E-state index contributed by atoms with van der Waals surface area (Å²) in [4.78, 5) is 0. The van der Waals surface area contributed by atoms with Crippen LogP contribution >= 0.6 is 0 Å². The third-order valence-electron chi connectivity index (χ3n) is 5.86. The van der Waals surface area contributed by atoms with Crippen LogP contribution in [0.15, 0.2) is 12.2 Å². The van der Waals surface area contributed by atoms with E-state index in [0.29, 0.717) is 11.8 Å². The highest BCUT2D eigenvalue weighted by atomic mass is 28.4. The Hall–Kier alpha value is -0.123. The van der Waals surface area contributed by atoms with E-state index >= 15 is 0 Å². The first-order valence-corrected chi connectivity index (χ1v) is 11.9. The summed E-state index contributed by atoms with van der Waals surface area (Å²) in [6, 6.07) is 0. The highest BCUT2D eigenvalue weighted by molar-refractivity contribution is 6.74. The second-order valence-corrected chi connectivity index (χ2v) is 13.6. The molecule has 0 radical (unpaired) electrons. The second kappa shape index (κ2) is 8.12. The van der Waals surface area contributed by atoms with E-state index < -0.39 is 8.32 Å². The lowest BCUT2D eigenvalue weighted by molar-refractivity contribution is 0.0820. The zero-order chi connectivity index (χ0) is 17.0. The van der Waals surface area contributed by atoms with Crippen LogP contribution < -0.4 is 0 Å². The molecule has 0 aromatic carbocycles. The average molecular weight is 327 g/mol. The van der Waals surface area contributed by atoms with E-state index in [-0.39, 0.29) is 11.1 Å². The van der Waals surface area contributed by atoms with Crippen molar-refractivity contribution in [2.75, 3.05) is 6.61 Å². The quantitative estimate of drug-likeness (QED) is 0.492. The Morgan fingerprint density at radius 3 is 2.27 bits per heavy atom. The predicted octanol–water partition coefficient (Wildman–Crippen LogP) is 5.53. The van der Waals surface area contributed by atoms with Crippen molar-refractivity contribution in [3.8, 4) is 0 Å². The largest absolute Gasteiger partial charge is 0.416 e. The van der Waals surface area contributed by atoms with Crippen LogP contribution in [0.2, 0.25) is 18.1 Å². The first kappa shape index (κ1) is 19.9. The van der Waals surface area contributed by atoms with Crippen LogP contribution in [0.25, 0.3) is 0 Å². The van der Waals surface area contributed by atoms with Crippen LogP contribution in [0.4, 0.5) is 0 Å². The molecule has 0 aromatic heterocycles. The fourth-order valence-corrected chi connectivity index (χ4v) is 3.92. The summed E-state index contributed by atoms with van der Waals surface area (Å²) in [5.74, 6) is 0.811. The molecule has 22 heavy (non-hydrogen) atoms. The van der Waals surface area contributed by atoms with Gasteiger partial charge in [0.1, 0.15) is 0 Å². The van der Waals surface area contributed by atoms with E-state index in [9.17, 15) is 5.11 Å². The SMILES string of the molecule is C=C(C[C@H](O)C1CCCCC1)[C@H](C)CO[Si](C)(C)C(C)(C)C. The number of aliphatic hydroxyl groups excluding tert-OH is 1. The van der Waals surface area contributed by atoms with Crippen LogP contribution in [0.3, 0.4) is 0 Å². The van der Waals surface area contributed by atoms with Crippen LogP contribution in [-0.4, -0.2) is 26.1 Å². The highest BCUT2D eigenvalue weighted by Crippen LogP contribution is 2.37. The summed E-state index contributed by atoms with van der Waals surface area (Å²) in [6.45, 7) is 18.5. The van der Waals surface area contributed by atoms with Gasteiger partial charge < -0.3 is 9.53 Å². The van der Waals surface area contributed by atoms with E-state index in [0.717, 1.165) is 18.6 Å². The molecule has 0 aromatic rings. The van der Waals surface area contributed by atoms with Gasteiger partial charge in [0.15, 0.2) is 8.32 Å². The van der Waals surface area contributed by atoms with Gasteiger partial charge in [-0.15, -0.1) is 0 Å². The molecule has 0 spiro atoms. The van der Waals surface area contributed by atoms with Crippen LogP contribution in [0.5, 0.6) is 0 Å². The number of aliphatic hydroxyl groups is 1. The number of rotatable bonds is 7. The van der Waals surface area contributed by atoms with Crippen molar-refractivity contribution in [3.63, 3.8) is 0 Å². The Bertz CT molecular complexity index is 351. The average Bonchev–Trinajstić information content (AvgIpc) is 2.44. The van der Waals surface area contributed by atoms with Crippen molar-refractivity contribution < 1.29 is 9.53 Å². The second-order valence-electron chi connectivity index (χ2n) is 8.80. The minimum Gasteiger partial charge on any atom is -0.416 e. The van der Waals surface area contributed by atoms with Gasteiger partial charge in [-0.05, 0) is 49.2 Å². The van der Waals surface area contributed by atoms with Crippen molar-refractivity contribution in [2.24, 2.45) is 11.8 Å². The molecule has 1 saturated carbocycles.